The van der Waals surface area contributed by atoms with Gasteiger partial charge in [0.15, 0.2) is 5.54 Å². The van der Waals surface area contributed by atoms with E-state index in [9.17, 15) is 14.7 Å². The minimum atomic E-state index is -1.85. The van der Waals surface area contributed by atoms with E-state index in [-0.39, 0.29) is 11.5 Å². The van der Waals surface area contributed by atoms with Crippen molar-refractivity contribution in [2.24, 2.45) is 5.92 Å². The average molecular weight is 500 g/mol. The number of pyridine rings is 1. The summed E-state index contributed by atoms with van der Waals surface area (Å²) in [6, 6.07) is 10.6. The fourth-order valence-corrected chi connectivity index (χ4v) is 5.19. The number of carbonyl (C=O) groups excluding carboxylic acids is 1. The second-order valence-corrected chi connectivity index (χ2v) is 9.50. The predicted octanol–water partition coefficient (Wildman–Crippen LogP) is 5.83. The van der Waals surface area contributed by atoms with Crippen molar-refractivity contribution in [1.82, 2.24) is 15.3 Å². The topological polar surface area (TPSA) is 105 Å². The van der Waals surface area contributed by atoms with Gasteiger partial charge in [0.05, 0.1) is 11.8 Å². The number of rotatable bonds is 12. The van der Waals surface area contributed by atoms with Crippen LogP contribution in [0.3, 0.4) is 0 Å². The van der Waals surface area contributed by atoms with E-state index < -0.39 is 11.5 Å². The van der Waals surface area contributed by atoms with Crippen molar-refractivity contribution in [3.63, 3.8) is 0 Å². The summed E-state index contributed by atoms with van der Waals surface area (Å²) < 4.78 is 5.52. The lowest BCUT2D eigenvalue weighted by Crippen LogP contribution is -2.51. The van der Waals surface area contributed by atoms with Crippen LogP contribution >= 0.6 is 0 Å². The Hall–Kier alpha value is -3.80. The number of carbonyl (C=O) groups is 1. The van der Waals surface area contributed by atoms with Gasteiger partial charge in [0, 0.05) is 23.5 Å². The molecule has 1 saturated carbocycles. The van der Waals surface area contributed by atoms with E-state index >= 15 is 0 Å². The summed E-state index contributed by atoms with van der Waals surface area (Å²) in [5, 5.41) is 13.9. The number of nitrogens with one attached hydrogen (secondary N) is 1. The summed E-state index contributed by atoms with van der Waals surface area (Å²) in [6.07, 6.45) is 18.9. The van der Waals surface area contributed by atoms with Gasteiger partial charge in [-0.25, -0.2) is 14.6 Å². The first-order valence-electron chi connectivity index (χ1n) is 13.0. The van der Waals surface area contributed by atoms with Crippen molar-refractivity contribution in [2.75, 3.05) is 6.54 Å². The van der Waals surface area contributed by atoms with Gasteiger partial charge in [-0.1, -0.05) is 75.3 Å². The molecule has 0 radical (unpaired) electrons. The number of unbranched alkanes of at least 4 members (excludes halogenated alkanes) is 1. The standard InChI is InChI=1S/C30H33N3O4/c34-22-25(16-15-24-12-8-17-31-21-24)30(29(35)36,33-18-7-6-11-23-9-2-1-3-10-23)27-14-5-4-13-26(27)28-32-19-20-37-28/h4-5,8,12-17,19-21,23,33H,1-3,6-7,9-11,18H2,(H,35,36). The van der Waals surface area contributed by atoms with E-state index in [1.165, 1.54) is 50.6 Å². The van der Waals surface area contributed by atoms with Crippen molar-refractivity contribution in [3.05, 3.63) is 84.0 Å². The minimum absolute atomic E-state index is 0.0462. The van der Waals surface area contributed by atoms with Gasteiger partial charge in [0.25, 0.3) is 0 Å². The third-order valence-corrected chi connectivity index (χ3v) is 7.11. The number of aliphatic carboxylic acids is 1. The third-order valence-electron chi connectivity index (χ3n) is 7.11. The summed E-state index contributed by atoms with van der Waals surface area (Å²) in [5.74, 6) is 1.76. The lowest BCUT2D eigenvalue weighted by Gasteiger charge is -2.32. The number of hydrogen-bond acceptors (Lipinski definition) is 6. The minimum Gasteiger partial charge on any atom is -0.479 e. The molecule has 37 heavy (non-hydrogen) atoms. The second kappa shape index (κ2) is 12.9. The Kier molecular flexibility index (Phi) is 9.19. The Balaban J connectivity index is 1.66. The van der Waals surface area contributed by atoms with Crippen LogP contribution < -0.4 is 5.32 Å². The smallest absolute Gasteiger partial charge is 0.334 e. The molecule has 1 fully saturated rings. The monoisotopic (exact) mass is 499 g/mol. The van der Waals surface area contributed by atoms with Gasteiger partial charge < -0.3 is 9.52 Å². The number of aromatic nitrogens is 2. The van der Waals surface area contributed by atoms with Crippen molar-refractivity contribution in [1.29, 1.82) is 0 Å². The van der Waals surface area contributed by atoms with Crippen molar-refractivity contribution in [2.45, 2.75) is 56.9 Å². The van der Waals surface area contributed by atoms with Gasteiger partial charge in [0.2, 0.25) is 5.89 Å². The zero-order valence-electron chi connectivity index (χ0n) is 20.9. The molecule has 4 rings (SSSR count). The first kappa shape index (κ1) is 26.3. The SMILES string of the molecule is O=C=C(C=Cc1cccnc1)C(NCCCCC1CCCCC1)(C(=O)O)c1ccccc1-c1ncco1. The maximum absolute atomic E-state index is 13.1. The predicted molar refractivity (Wildman–Crippen MR) is 142 cm³/mol. The second-order valence-electron chi connectivity index (χ2n) is 9.50. The summed E-state index contributed by atoms with van der Waals surface area (Å²) in [4.78, 5) is 33.8. The maximum Gasteiger partial charge on any atom is 0.334 e. The van der Waals surface area contributed by atoms with Gasteiger partial charge in [-0.15, -0.1) is 0 Å². The highest BCUT2D eigenvalue weighted by atomic mass is 16.4. The van der Waals surface area contributed by atoms with Crippen molar-refractivity contribution in [3.8, 4) is 11.5 Å². The molecule has 2 heterocycles. The molecule has 0 saturated heterocycles. The van der Waals surface area contributed by atoms with Gasteiger partial charge in [0.1, 0.15) is 12.2 Å². The largest absolute Gasteiger partial charge is 0.479 e. The first-order valence-corrected chi connectivity index (χ1v) is 13.0. The molecular weight excluding hydrogens is 466 g/mol. The zero-order valence-corrected chi connectivity index (χ0v) is 20.9. The molecule has 0 spiro atoms. The Morgan fingerprint density at radius 1 is 1.14 bits per heavy atom. The molecule has 7 nitrogen and oxygen atoms in total. The van der Waals surface area contributed by atoms with Crippen molar-refractivity contribution < 1.29 is 19.1 Å². The fraction of sp³-hybridized carbons (Fsp3) is 0.367. The highest BCUT2D eigenvalue weighted by Gasteiger charge is 2.46. The number of carboxylic acids is 1. The molecule has 1 unspecified atom stereocenters. The highest BCUT2D eigenvalue weighted by Crippen LogP contribution is 2.37. The van der Waals surface area contributed by atoms with Crippen LogP contribution in [0.25, 0.3) is 17.5 Å². The first-order chi connectivity index (χ1) is 18.1. The van der Waals surface area contributed by atoms with Gasteiger partial charge in [-0.3, -0.25) is 10.3 Å². The van der Waals surface area contributed by atoms with Crippen LogP contribution in [-0.4, -0.2) is 33.5 Å². The Morgan fingerprint density at radius 3 is 2.68 bits per heavy atom. The Labute approximate surface area is 217 Å². The van der Waals surface area contributed by atoms with Crippen LogP contribution in [0.1, 0.15) is 62.5 Å². The van der Waals surface area contributed by atoms with Crippen LogP contribution in [0.2, 0.25) is 0 Å². The molecule has 2 N–H and O–H groups in total. The van der Waals surface area contributed by atoms with E-state index in [0.29, 0.717) is 17.7 Å². The Morgan fingerprint density at radius 2 is 1.97 bits per heavy atom. The van der Waals surface area contributed by atoms with E-state index in [2.05, 4.69) is 15.3 Å². The summed E-state index contributed by atoms with van der Waals surface area (Å²) in [7, 11) is 0. The Bertz CT molecular complexity index is 1230. The third kappa shape index (κ3) is 6.31. The number of oxazole rings is 1. The highest BCUT2D eigenvalue weighted by molar-refractivity contribution is 5.92. The lowest BCUT2D eigenvalue weighted by molar-refractivity contribution is -0.143. The van der Waals surface area contributed by atoms with E-state index in [4.69, 9.17) is 4.42 Å². The molecule has 0 amide bonds. The van der Waals surface area contributed by atoms with Gasteiger partial charge in [-0.05, 0) is 42.7 Å². The molecular formula is C30H33N3O4. The number of nitrogens with zero attached hydrogens (tertiary/aromatic N) is 2. The number of benzene rings is 1. The molecule has 1 aliphatic carbocycles. The molecule has 1 atom stereocenters. The van der Waals surface area contributed by atoms with Crippen LogP contribution in [0.5, 0.6) is 0 Å². The fourth-order valence-electron chi connectivity index (χ4n) is 5.19. The van der Waals surface area contributed by atoms with Crippen LogP contribution in [0.15, 0.2) is 77.3 Å². The molecule has 0 bridgehead atoms. The van der Waals surface area contributed by atoms with Gasteiger partial charge in [-0.2, -0.15) is 0 Å². The molecule has 2 aromatic heterocycles. The zero-order chi connectivity index (χ0) is 25.9. The van der Waals surface area contributed by atoms with E-state index in [1.807, 2.05) is 12.0 Å². The summed E-state index contributed by atoms with van der Waals surface area (Å²) >= 11 is 0. The quantitative estimate of drug-likeness (QED) is 0.183. The van der Waals surface area contributed by atoms with Gasteiger partial charge >= 0.3 is 5.97 Å². The maximum atomic E-state index is 13.1. The molecule has 0 aliphatic heterocycles. The van der Waals surface area contributed by atoms with Crippen molar-refractivity contribution >= 4 is 18.0 Å². The number of carboxylic acid groups (broad SMARTS) is 1. The molecule has 3 aromatic rings. The average Bonchev–Trinajstić information content (AvgIpc) is 3.48. The van der Waals surface area contributed by atoms with Crippen LogP contribution in [0, 0.1) is 5.92 Å². The normalized spacial score (nSPS) is 15.8. The van der Waals surface area contributed by atoms with Crippen LogP contribution in [0.4, 0.5) is 0 Å². The van der Waals surface area contributed by atoms with E-state index in [0.717, 1.165) is 30.7 Å². The summed E-state index contributed by atoms with van der Waals surface area (Å²) in [6.45, 7) is 0.421. The molecule has 192 valence electrons. The summed E-state index contributed by atoms with van der Waals surface area (Å²) in [5.41, 5.74) is -0.298. The molecule has 7 heteroatoms. The van der Waals surface area contributed by atoms with E-state index in [1.54, 1.807) is 48.8 Å². The lowest BCUT2D eigenvalue weighted by atomic mass is 9.79. The number of hydrogen-bond donors (Lipinski definition) is 2. The van der Waals surface area contributed by atoms with Crippen LogP contribution in [-0.2, 0) is 15.1 Å². The molecule has 1 aliphatic rings. The molecule has 1 aromatic carbocycles.